The number of piperazine rings is 1. The summed E-state index contributed by atoms with van der Waals surface area (Å²) < 4.78 is 5.54. The van der Waals surface area contributed by atoms with Crippen molar-refractivity contribution in [1.82, 2.24) is 9.80 Å². The maximum absolute atomic E-state index is 11.7. The SMILES string of the molecule is CCCOc1ccc(C(C(=O)O)N2CCN(C)CC2)cc1Cl. The van der Waals surface area contributed by atoms with Crippen LogP contribution in [0.5, 0.6) is 5.75 Å². The summed E-state index contributed by atoms with van der Waals surface area (Å²) in [4.78, 5) is 15.9. The lowest BCUT2D eigenvalue weighted by atomic mass is 10.0. The standard InChI is InChI=1S/C16H23ClN2O3/c1-3-10-22-14-5-4-12(11-13(14)17)15(16(20)21)19-8-6-18(2)7-9-19/h4-5,11,15H,3,6-10H2,1-2H3,(H,20,21). The zero-order valence-corrected chi connectivity index (χ0v) is 13.8. The third-order valence-electron chi connectivity index (χ3n) is 3.87. The van der Waals surface area contributed by atoms with Crippen LogP contribution in [0.4, 0.5) is 0 Å². The van der Waals surface area contributed by atoms with Crippen LogP contribution < -0.4 is 4.74 Å². The van der Waals surface area contributed by atoms with E-state index in [2.05, 4.69) is 4.90 Å². The third-order valence-corrected chi connectivity index (χ3v) is 4.17. The molecule has 2 rings (SSSR count). The zero-order valence-electron chi connectivity index (χ0n) is 13.1. The summed E-state index contributed by atoms with van der Waals surface area (Å²) in [6.07, 6.45) is 0.900. The van der Waals surface area contributed by atoms with Crippen molar-refractivity contribution >= 4 is 17.6 Å². The Hall–Kier alpha value is -1.30. The molecular weight excluding hydrogens is 304 g/mol. The molecule has 0 spiro atoms. The van der Waals surface area contributed by atoms with Crippen LogP contribution in [0.25, 0.3) is 0 Å². The fraction of sp³-hybridized carbons (Fsp3) is 0.562. The molecule has 1 aliphatic heterocycles. The first kappa shape index (κ1) is 17.1. The summed E-state index contributed by atoms with van der Waals surface area (Å²) in [5, 5.41) is 10.1. The largest absolute Gasteiger partial charge is 0.492 e. The number of halogens is 1. The van der Waals surface area contributed by atoms with Gasteiger partial charge in [0.05, 0.1) is 11.6 Å². The number of rotatable bonds is 6. The second-order valence-electron chi connectivity index (χ2n) is 5.62. The van der Waals surface area contributed by atoms with Crippen LogP contribution in [0.3, 0.4) is 0 Å². The number of carbonyl (C=O) groups is 1. The van der Waals surface area contributed by atoms with E-state index in [0.717, 1.165) is 32.6 Å². The normalized spacial score (nSPS) is 18.1. The van der Waals surface area contributed by atoms with Gasteiger partial charge in [-0.05, 0) is 31.2 Å². The molecule has 1 saturated heterocycles. The number of hydrogen-bond donors (Lipinski definition) is 1. The van der Waals surface area contributed by atoms with E-state index in [-0.39, 0.29) is 0 Å². The number of hydrogen-bond acceptors (Lipinski definition) is 4. The zero-order chi connectivity index (χ0) is 16.1. The molecule has 0 saturated carbocycles. The summed E-state index contributed by atoms with van der Waals surface area (Å²) >= 11 is 6.23. The summed E-state index contributed by atoms with van der Waals surface area (Å²) in [6.45, 7) is 5.83. The van der Waals surface area contributed by atoms with Crippen molar-refractivity contribution in [3.8, 4) is 5.75 Å². The first-order chi connectivity index (χ1) is 10.5. The van der Waals surface area contributed by atoms with Crippen LogP contribution in [0, 0.1) is 0 Å². The van der Waals surface area contributed by atoms with Crippen molar-refractivity contribution in [2.75, 3.05) is 39.8 Å². The van der Waals surface area contributed by atoms with Gasteiger partial charge in [-0.1, -0.05) is 24.6 Å². The molecule has 0 aromatic heterocycles. The molecule has 6 heteroatoms. The van der Waals surface area contributed by atoms with Crippen LogP contribution in [0.2, 0.25) is 5.02 Å². The van der Waals surface area contributed by atoms with E-state index in [1.165, 1.54) is 0 Å². The van der Waals surface area contributed by atoms with Crippen molar-refractivity contribution < 1.29 is 14.6 Å². The molecule has 122 valence electrons. The van der Waals surface area contributed by atoms with E-state index in [1.807, 2.05) is 18.9 Å². The molecule has 1 heterocycles. The van der Waals surface area contributed by atoms with Gasteiger partial charge in [-0.15, -0.1) is 0 Å². The Morgan fingerprint density at radius 3 is 2.59 bits per heavy atom. The maximum Gasteiger partial charge on any atom is 0.325 e. The second kappa shape index (κ2) is 7.81. The first-order valence-corrected chi connectivity index (χ1v) is 7.98. The van der Waals surface area contributed by atoms with Crippen LogP contribution in [0.1, 0.15) is 24.9 Å². The van der Waals surface area contributed by atoms with Crippen molar-refractivity contribution in [2.24, 2.45) is 0 Å². The topological polar surface area (TPSA) is 53.0 Å². The molecule has 22 heavy (non-hydrogen) atoms. The van der Waals surface area contributed by atoms with Gasteiger partial charge >= 0.3 is 5.97 Å². The summed E-state index contributed by atoms with van der Waals surface area (Å²) in [5.41, 5.74) is 0.700. The molecule has 1 atom stereocenters. The molecule has 0 bridgehead atoms. The van der Waals surface area contributed by atoms with Crippen LogP contribution in [-0.4, -0.2) is 60.7 Å². The number of benzene rings is 1. The minimum atomic E-state index is -0.845. The highest BCUT2D eigenvalue weighted by Crippen LogP contribution is 2.31. The average Bonchev–Trinajstić information content (AvgIpc) is 2.48. The van der Waals surface area contributed by atoms with Gasteiger partial charge in [0.1, 0.15) is 11.8 Å². The fourth-order valence-corrected chi connectivity index (χ4v) is 2.85. The first-order valence-electron chi connectivity index (χ1n) is 7.60. The molecular formula is C16H23ClN2O3. The molecule has 1 N–H and O–H groups in total. The number of likely N-dealkylation sites (N-methyl/N-ethyl adjacent to an activating group) is 1. The van der Waals surface area contributed by atoms with E-state index in [9.17, 15) is 9.90 Å². The molecule has 5 nitrogen and oxygen atoms in total. The van der Waals surface area contributed by atoms with E-state index < -0.39 is 12.0 Å². The Balaban J connectivity index is 2.18. The van der Waals surface area contributed by atoms with E-state index in [0.29, 0.717) is 22.9 Å². The van der Waals surface area contributed by atoms with Gasteiger partial charge in [-0.25, -0.2) is 0 Å². The van der Waals surface area contributed by atoms with Crippen molar-refractivity contribution in [2.45, 2.75) is 19.4 Å². The van der Waals surface area contributed by atoms with Gasteiger partial charge in [-0.2, -0.15) is 0 Å². The monoisotopic (exact) mass is 326 g/mol. The van der Waals surface area contributed by atoms with Gasteiger partial charge in [0.2, 0.25) is 0 Å². The number of ether oxygens (including phenoxy) is 1. The highest BCUT2D eigenvalue weighted by molar-refractivity contribution is 6.32. The van der Waals surface area contributed by atoms with E-state index in [4.69, 9.17) is 16.3 Å². The third kappa shape index (κ3) is 4.12. The number of carboxylic acid groups (broad SMARTS) is 1. The Kier molecular flexibility index (Phi) is 6.06. The second-order valence-corrected chi connectivity index (χ2v) is 6.03. The van der Waals surface area contributed by atoms with Crippen molar-refractivity contribution in [1.29, 1.82) is 0 Å². The van der Waals surface area contributed by atoms with Crippen molar-refractivity contribution in [3.63, 3.8) is 0 Å². The van der Waals surface area contributed by atoms with Gasteiger partial charge in [0.25, 0.3) is 0 Å². The lowest BCUT2D eigenvalue weighted by Gasteiger charge is -2.36. The molecule has 0 amide bonds. The Bertz CT molecular complexity index is 516. The average molecular weight is 327 g/mol. The van der Waals surface area contributed by atoms with Crippen LogP contribution in [0.15, 0.2) is 18.2 Å². The minimum Gasteiger partial charge on any atom is -0.492 e. The lowest BCUT2D eigenvalue weighted by molar-refractivity contribution is -0.144. The molecule has 1 aromatic rings. The summed E-state index contributed by atoms with van der Waals surface area (Å²) in [5.74, 6) is -0.238. The number of nitrogens with zero attached hydrogens (tertiary/aromatic N) is 2. The fourth-order valence-electron chi connectivity index (χ4n) is 2.61. The number of carboxylic acids is 1. The molecule has 1 unspecified atom stereocenters. The quantitative estimate of drug-likeness (QED) is 0.870. The highest BCUT2D eigenvalue weighted by Gasteiger charge is 2.30. The predicted octanol–water partition coefficient (Wildman–Crippen LogP) is 2.50. The molecule has 1 fully saturated rings. The van der Waals surface area contributed by atoms with Gasteiger partial charge in [0.15, 0.2) is 0 Å². The Labute approximate surface area is 136 Å². The highest BCUT2D eigenvalue weighted by atomic mass is 35.5. The van der Waals surface area contributed by atoms with Crippen LogP contribution in [-0.2, 0) is 4.79 Å². The molecule has 0 aliphatic carbocycles. The molecule has 1 aliphatic rings. The van der Waals surface area contributed by atoms with Gasteiger partial charge in [-0.3, -0.25) is 9.69 Å². The summed E-state index contributed by atoms with van der Waals surface area (Å²) in [7, 11) is 2.05. The smallest absolute Gasteiger partial charge is 0.325 e. The van der Waals surface area contributed by atoms with E-state index >= 15 is 0 Å². The predicted molar refractivity (Wildman–Crippen MR) is 86.7 cm³/mol. The molecule has 0 radical (unpaired) electrons. The number of aliphatic carboxylic acids is 1. The minimum absolute atomic E-state index is 0.464. The van der Waals surface area contributed by atoms with Gasteiger partial charge in [0, 0.05) is 26.2 Å². The Morgan fingerprint density at radius 2 is 2.05 bits per heavy atom. The maximum atomic E-state index is 11.7. The van der Waals surface area contributed by atoms with Crippen LogP contribution >= 0.6 is 11.6 Å². The Morgan fingerprint density at radius 1 is 1.36 bits per heavy atom. The lowest BCUT2D eigenvalue weighted by Crippen LogP contribution is -2.47. The summed E-state index contributed by atoms with van der Waals surface area (Å²) in [6, 6.07) is 4.61. The van der Waals surface area contributed by atoms with Crippen molar-refractivity contribution in [3.05, 3.63) is 28.8 Å². The van der Waals surface area contributed by atoms with Gasteiger partial charge < -0.3 is 14.7 Å². The van der Waals surface area contributed by atoms with E-state index in [1.54, 1.807) is 18.2 Å². The molecule has 1 aromatic carbocycles.